The molecule has 1 fully saturated rings. The molecule has 4 nitrogen and oxygen atoms in total. The first kappa shape index (κ1) is 13.1. The maximum absolute atomic E-state index is 12.4. The predicted octanol–water partition coefficient (Wildman–Crippen LogP) is 2.20. The average Bonchev–Trinajstić information content (AvgIpc) is 2.76. The monoisotopic (exact) mass is 269 g/mol. The largest absolute Gasteiger partial charge is 0.321 e. The summed E-state index contributed by atoms with van der Waals surface area (Å²) in [6, 6.07) is 7.60. The van der Waals surface area contributed by atoms with E-state index in [-0.39, 0.29) is 5.91 Å². The van der Waals surface area contributed by atoms with Crippen molar-refractivity contribution in [3.8, 4) is 6.07 Å². The lowest BCUT2D eigenvalue weighted by Gasteiger charge is -2.33. The summed E-state index contributed by atoms with van der Waals surface area (Å²) in [5.41, 5.74) is 2.23. The Hall–Kier alpha value is -1.86. The zero-order valence-electron chi connectivity index (χ0n) is 11.8. The van der Waals surface area contributed by atoms with Crippen LogP contribution in [0.15, 0.2) is 18.2 Å². The Morgan fingerprint density at radius 3 is 3.05 bits per heavy atom. The molecular formula is C16H19N3O. The summed E-state index contributed by atoms with van der Waals surface area (Å²) in [6.07, 6.45) is 2.49. The van der Waals surface area contributed by atoms with Crippen molar-refractivity contribution in [3.63, 3.8) is 0 Å². The molecule has 1 saturated heterocycles. The quantitative estimate of drug-likeness (QED) is 0.827. The fraction of sp³-hybridized carbons (Fsp3) is 0.500. The minimum atomic E-state index is 0.0651. The molecule has 0 aromatic heterocycles. The van der Waals surface area contributed by atoms with Gasteiger partial charge in [0.2, 0.25) is 0 Å². The molecule has 0 radical (unpaired) electrons. The second-order valence-electron chi connectivity index (χ2n) is 5.91. The van der Waals surface area contributed by atoms with Crippen LogP contribution in [0, 0.1) is 17.2 Å². The van der Waals surface area contributed by atoms with Crippen molar-refractivity contribution in [2.45, 2.75) is 26.3 Å². The summed E-state index contributed by atoms with van der Waals surface area (Å²) in [7, 11) is 0. The molecule has 2 aliphatic rings. The molecule has 0 saturated carbocycles. The van der Waals surface area contributed by atoms with Crippen LogP contribution in [0.5, 0.6) is 0 Å². The van der Waals surface area contributed by atoms with E-state index < -0.39 is 0 Å². The molecule has 104 valence electrons. The van der Waals surface area contributed by atoms with Gasteiger partial charge >= 0.3 is 0 Å². The molecule has 2 aliphatic heterocycles. The Balaban J connectivity index is 1.75. The molecular weight excluding hydrogens is 250 g/mol. The van der Waals surface area contributed by atoms with Crippen molar-refractivity contribution >= 4 is 5.91 Å². The highest BCUT2D eigenvalue weighted by atomic mass is 16.2. The topological polar surface area (TPSA) is 47.3 Å². The van der Waals surface area contributed by atoms with Crippen LogP contribution in [0.3, 0.4) is 0 Å². The molecule has 1 atom stereocenters. The second kappa shape index (κ2) is 5.26. The lowest BCUT2D eigenvalue weighted by Crippen LogP contribution is -2.42. The van der Waals surface area contributed by atoms with Gasteiger partial charge < -0.3 is 4.90 Å². The van der Waals surface area contributed by atoms with Crippen LogP contribution in [0.25, 0.3) is 0 Å². The number of benzene rings is 1. The number of nitriles is 1. The molecule has 0 N–H and O–H groups in total. The third-order valence-corrected chi connectivity index (χ3v) is 4.27. The number of likely N-dealkylation sites (tertiary alicyclic amines) is 1. The van der Waals surface area contributed by atoms with E-state index >= 15 is 0 Å². The van der Waals surface area contributed by atoms with Crippen LogP contribution in [0.2, 0.25) is 0 Å². The number of piperidine rings is 1. The maximum Gasteiger partial charge on any atom is 0.255 e. The van der Waals surface area contributed by atoms with Gasteiger partial charge in [-0.2, -0.15) is 5.26 Å². The van der Waals surface area contributed by atoms with E-state index in [2.05, 4.69) is 17.9 Å². The van der Waals surface area contributed by atoms with E-state index in [4.69, 9.17) is 5.26 Å². The van der Waals surface area contributed by atoms with E-state index in [1.54, 1.807) is 12.1 Å². The van der Waals surface area contributed by atoms with Crippen molar-refractivity contribution in [1.29, 1.82) is 5.26 Å². The molecule has 20 heavy (non-hydrogen) atoms. The van der Waals surface area contributed by atoms with E-state index in [0.29, 0.717) is 30.3 Å². The Morgan fingerprint density at radius 2 is 2.30 bits per heavy atom. The maximum atomic E-state index is 12.4. The van der Waals surface area contributed by atoms with Gasteiger partial charge in [0.1, 0.15) is 0 Å². The summed E-state index contributed by atoms with van der Waals surface area (Å²) in [5, 5.41) is 9.14. The molecule has 1 aromatic rings. The summed E-state index contributed by atoms with van der Waals surface area (Å²) in [4.78, 5) is 16.6. The van der Waals surface area contributed by atoms with E-state index in [1.165, 1.54) is 12.8 Å². The van der Waals surface area contributed by atoms with Gasteiger partial charge in [0.05, 0.1) is 18.3 Å². The summed E-state index contributed by atoms with van der Waals surface area (Å²) in [6.45, 7) is 5.65. The Kier molecular flexibility index (Phi) is 3.45. The zero-order chi connectivity index (χ0) is 14.1. The van der Waals surface area contributed by atoms with Crippen LogP contribution < -0.4 is 0 Å². The van der Waals surface area contributed by atoms with Crippen LogP contribution in [-0.4, -0.2) is 35.5 Å². The van der Waals surface area contributed by atoms with Crippen LogP contribution in [-0.2, 0) is 6.54 Å². The lowest BCUT2D eigenvalue weighted by molar-refractivity contribution is 0.0574. The van der Waals surface area contributed by atoms with Gasteiger partial charge in [-0.1, -0.05) is 13.0 Å². The number of carbonyl (C=O) groups excluding carboxylic acids is 1. The fourth-order valence-corrected chi connectivity index (χ4v) is 3.27. The summed E-state index contributed by atoms with van der Waals surface area (Å²) < 4.78 is 0. The first-order valence-corrected chi connectivity index (χ1v) is 7.22. The Morgan fingerprint density at radius 1 is 1.45 bits per heavy atom. The number of hydrogen-bond acceptors (Lipinski definition) is 3. The van der Waals surface area contributed by atoms with Crippen molar-refractivity contribution in [3.05, 3.63) is 34.9 Å². The number of fused-ring (bicyclic) bond motifs is 1. The molecule has 4 heteroatoms. The van der Waals surface area contributed by atoms with Crippen molar-refractivity contribution in [1.82, 2.24) is 9.80 Å². The zero-order valence-corrected chi connectivity index (χ0v) is 11.8. The fourth-order valence-electron chi connectivity index (χ4n) is 3.27. The third-order valence-electron chi connectivity index (χ3n) is 4.27. The number of rotatable bonds is 2. The molecule has 3 rings (SSSR count). The highest BCUT2D eigenvalue weighted by molar-refractivity contribution is 5.99. The van der Waals surface area contributed by atoms with Crippen LogP contribution in [0.4, 0.5) is 0 Å². The van der Waals surface area contributed by atoms with Gasteiger partial charge in [-0.3, -0.25) is 9.69 Å². The lowest BCUT2D eigenvalue weighted by atomic mass is 10.0. The number of hydrogen-bond donors (Lipinski definition) is 0. The van der Waals surface area contributed by atoms with Gasteiger partial charge in [0.15, 0.2) is 0 Å². The SMILES string of the molecule is C[C@H]1CCCN(CN2Cc3c(C#N)cccc3C2=O)C1. The second-order valence-corrected chi connectivity index (χ2v) is 5.91. The Labute approximate surface area is 119 Å². The molecule has 1 amide bonds. The Bertz CT molecular complexity index is 576. The predicted molar refractivity (Wildman–Crippen MR) is 75.9 cm³/mol. The number of carbonyl (C=O) groups is 1. The van der Waals surface area contributed by atoms with Gasteiger partial charge in [-0.05, 0) is 37.4 Å². The van der Waals surface area contributed by atoms with Gasteiger partial charge in [0, 0.05) is 24.2 Å². The molecule has 0 spiro atoms. The number of nitrogens with zero attached hydrogens (tertiary/aromatic N) is 3. The standard InChI is InChI=1S/C16H19N3O/c1-12-4-3-7-18(9-12)11-19-10-15-13(8-17)5-2-6-14(15)16(19)20/h2,5-6,12H,3-4,7,9-11H2,1H3/t12-/m0/s1. The van der Waals surface area contributed by atoms with Crippen molar-refractivity contribution in [2.24, 2.45) is 5.92 Å². The minimum absolute atomic E-state index is 0.0651. The van der Waals surface area contributed by atoms with E-state index in [1.807, 2.05) is 11.0 Å². The molecule has 1 aromatic carbocycles. The van der Waals surface area contributed by atoms with Crippen LogP contribution in [0.1, 0.15) is 41.3 Å². The summed E-state index contributed by atoms with van der Waals surface area (Å²) >= 11 is 0. The van der Waals surface area contributed by atoms with Gasteiger partial charge in [-0.25, -0.2) is 0 Å². The molecule has 0 unspecified atom stereocenters. The van der Waals surface area contributed by atoms with Gasteiger partial charge in [0.25, 0.3) is 5.91 Å². The highest BCUT2D eigenvalue weighted by Crippen LogP contribution is 2.26. The minimum Gasteiger partial charge on any atom is -0.321 e. The van der Waals surface area contributed by atoms with Crippen molar-refractivity contribution in [2.75, 3.05) is 19.8 Å². The van der Waals surface area contributed by atoms with Gasteiger partial charge in [-0.15, -0.1) is 0 Å². The molecule has 0 aliphatic carbocycles. The third kappa shape index (κ3) is 2.30. The molecule has 0 bridgehead atoms. The normalized spacial score (nSPS) is 22.7. The van der Waals surface area contributed by atoms with E-state index in [0.717, 1.165) is 18.7 Å². The first-order valence-electron chi connectivity index (χ1n) is 7.22. The van der Waals surface area contributed by atoms with Crippen LogP contribution >= 0.6 is 0 Å². The number of amides is 1. The van der Waals surface area contributed by atoms with E-state index in [9.17, 15) is 4.79 Å². The molecule has 2 heterocycles. The smallest absolute Gasteiger partial charge is 0.255 e. The summed E-state index contributed by atoms with van der Waals surface area (Å²) in [5.74, 6) is 0.772. The first-order chi connectivity index (χ1) is 9.69. The van der Waals surface area contributed by atoms with Crippen molar-refractivity contribution < 1.29 is 4.79 Å². The average molecular weight is 269 g/mol. The highest BCUT2D eigenvalue weighted by Gasteiger charge is 2.31.